The molecule has 0 radical (unpaired) electrons. The number of aromatic nitrogens is 1. The predicted molar refractivity (Wildman–Crippen MR) is 141 cm³/mol. The van der Waals surface area contributed by atoms with Crippen LogP contribution in [0.15, 0.2) is 83.5 Å². The van der Waals surface area contributed by atoms with Gasteiger partial charge in [-0.15, -0.1) is 5.70 Å². The SMILES string of the molecule is Brc1ccc2[nH]cc(C3[N-]C(c4ccccc4)=C(c4ccc(N5CCCCC5)cc4)N3)c2c1.[Na+]. The number of benzene rings is 3. The molecule has 2 N–H and O–H groups in total. The molecule has 1 saturated heterocycles. The van der Waals surface area contributed by atoms with Crippen LogP contribution in [0.1, 0.15) is 42.1 Å². The van der Waals surface area contributed by atoms with Crippen molar-refractivity contribution in [3.05, 3.63) is 105 Å². The quantitative estimate of drug-likeness (QED) is 0.391. The summed E-state index contributed by atoms with van der Waals surface area (Å²) >= 11 is 3.62. The van der Waals surface area contributed by atoms with E-state index in [0.29, 0.717) is 0 Å². The normalized spacial score (nSPS) is 17.9. The van der Waals surface area contributed by atoms with Crippen LogP contribution in [0.5, 0.6) is 0 Å². The van der Waals surface area contributed by atoms with Gasteiger partial charge in [-0.2, -0.15) is 0 Å². The van der Waals surface area contributed by atoms with E-state index in [0.717, 1.165) is 45.6 Å². The van der Waals surface area contributed by atoms with E-state index >= 15 is 0 Å². The second kappa shape index (κ2) is 10.2. The van der Waals surface area contributed by atoms with E-state index in [4.69, 9.17) is 5.32 Å². The zero-order valence-corrected chi connectivity index (χ0v) is 23.0. The van der Waals surface area contributed by atoms with Gasteiger partial charge in [0.1, 0.15) is 0 Å². The second-order valence-electron chi connectivity index (χ2n) is 8.79. The van der Waals surface area contributed by atoms with Crippen molar-refractivity contribution in [2.75, 3.05) is 18.0 Å². The molecule has 1 atom stereocenters. The standard InChI is InChI=1S/C28H26BrN4.Na/c29-21-11-14-25-23(17-21)24(18-30-25)28-31-26(19-7-3-1-4-8-19)27(32-28)20-9-12-22(13-10-20)33-15-5-2-6-16-33;/h1,3-4,7-14,17-18,28,30,32H,2,5-6,15-16H2;/q-1;+1. The van der Waals surface area contributed by atoms with Gasteiger partial charge in [-0.25, -0.2) is 0 Å². The number of nitrogens with zero attached hydrogens (tertiary/aromatic N) is 2. The Labute approximate surface area is 231 Å². The molecule has 1 unspecified atom stereocenters. The zero-order chi connectivity index (χ0) is 22.2. The van der Waals surface area contributed by atoms with Gasteiger partial charge in [-0.1, -0.05) is 58.4 Å². The number of fused-ring (bicyclic) bond motifs is 1. The van der Waals surface area contributed by atoms with Crippen LogP contribution in [0.4, 0.5) is 5.69 Å². The molecule has 0 amide bonds. The Morgan fingerprint density at radius 3 is 2.38 bits per heavy atom. The van der Waals surface area contributed by atoms with Crippen molar-refractivity contribution in [2.24, 2.45) is 0 Å². The first-order chi connectivity index (χ1) is 16.3. The molecule has 166 valence electrons. The Balaban J connectivity index is 0.00000241. The molecule has 34 heavy (non-hydrogen) atoms. The van der Waals surface area contributed by atoms with Gasteiger partial charge in [0, 0.05) is 46.0 Å². The van der Waals surface area contributed by atoms with Crippen molar-refractivity contribution in [2.45, 2.75) is 25.4 Å². The fourth-order valence-electron chi connectivity index (χ4n) is 4.94. The minimum Gasteiger partial charge on any atom is -0.659 e. The minimum absolute atomic E-state index is 0. The van der Waals surface area contributed by atoms with Gasteiger partial charge >= 0.3 is 29.6 Å². The maximum atomic E-state index is 5.17. The summed E-state index contributed by atoms with van der Waals surface area (Å²) in [5.74, 6) is 0. The molecule has 0 bridgehead atoms. The molecule has 0 spiro atoms. The Morgan fingerprint density at radius 2 is 1.62 bits per heavy atom. The molecule has 1 aromatic heterocycles. The van der Waals surface area contributed by atoms with E-state index in [1.54, 1.807) is 0 Å². The molecule has 6 heteroatoms. The largest absolute Gasteiger partial charge is 1.00 e. The first-order valence-corrected chi connectivity index (χ1v) is 12.4. The molecular formula is C28H26BrN4Na. The van der Waals surface area contributed by atoms with Gasteiger partial charge in [0.05, 0.1) is 0 Å². The van der Waals surface area contributed by atoms with Gasteiger partial charge in [-0.05, 0) is 72.5 Å². The third kappa shape index (κ3) is 4.55. The number of hydrogen-bond donors (Lipinski definition) is 2. The average Bonchev–Trinajstić information content (AvgIpc) is 3.49. The molecule has 0 saturated carbocycles. The van der Waals surface area contributed by atoms with Crippen molar-refractivity contribution in [3.63, 3.8) is 0 Å². The molecule has 3 heterocycles. The Bertz CT molecular complexity index is 1310. The summed E-state index contributed by atoms with van der Waals surface area (Å²) in [5, 5.41) is 10.1. The van der Waals surface area contributed by atoms with Gasteiger partial charge < -0.3 is 20.5 Å². The van der Waals surface area contributed by atoms with Gasteiger partial charge in [0.25, 0.3) is 0 Å². The molecule has 6 rings (SSSR count). The summed E-state index contributed by atoms with van der Waals surface area (Å²) < 4.78 is 1.07. The van der Waals surface area contributed by atoms with Gasteiger partial charge in [0.2, 0.25) is 0 Å². The van der Waals surface area contributed by atoms with Crippen LogP contribution in [-0.4, -0.2) is 18.1 Å². The summed E-state index contributed by atoms with van der Waals surface area (Å²) in [6.45, 7) is 2.31. The van der Waals surface area contributed by atoms with E-state index in [9.17, 15) is 0 Å². The minimum atomic E-state index is -0.139. The first kappa shape index (κ1) is 23.6. The van der Waals surface area contributed by atoms with Crippen molar-refractivity contribution < 1.29 is 29.6 Å². The van der Waals surface area contributed by atoms with Crippen LogP contribution in [0.3, 0.4) is 0 Å². The summed E-state index contributed by atoms with van der Waals surface area (Å²) in [7, 11) is 0. The number of nitrogens with one attached hydrogen (secondary N) is 2. The van der Waals surface area contributed by atoms with E-state index < -0.39 is 0 Å². The van der Waals surface area contributed by atoms with E-state index in [2.05, 4.69) is 104 Å². The third-order valence-corrected chi connectivity index (χ3v) is 7.16. The molecule has 4 aromatic rings. The van der Waals surface area contributed by atoms with Crippen LogP contribution in [-0.2, 0) is 0 Å². The van der Waals surface area contributed by atoms with Gasteiger partial charge in [-0.3, -0.25) is 0 Å². The second-order valence-corrected chi connectivity index (χ2v) is 9.71. The van der Waals surface area contributed by atoms with Crippen LogP contribution in [0.2, 0.25) is 0 Å². The number of H-pyrrole nitrogens is 1. The smallest absolute Gasteiger partial charge is 0.659 e. The van der Waals surface area contributed by atoms with Gasteiger partial charge in [0.15, 0.2) is 0 Å². The fourth-order valence-corrected chi connectivity index (χ4v) is 5.31. The summed E-state index contributed by atoms with van der Waals surface area (Å²) in [5.41, 5.74) is 7.97. The Hall–Kier alpha value is -2.18. The van der Waals surface area contributed by atoms with Crippen LogP contribution in [0.25, 0.3) is 27.6 Å². The number of halogens is 1. The zero-order valence-electron chi connectivity index (χ0n) is 19.4. The number of rotatable bonds is 4. The summed E-state index contributed by atoms with van der Waals surface area (Å²) in [6.07, 6.45) is 5.85. The third-order valence-electron chi connectivity index (χ3n) is 6.67. The Kier molecular flexibility index (Phi) is 7.07. The monoisotopic (exact) mass is 520 g/mol. The maximum Gasteiger partial charge on any atom is 1.00 e. The number of anilines is 1. The Morgan fingerprint density at radius 1 is 0.853 bits per heavy atom. The van der Waals surface area contributed by atoms with Crippen LogP contribution < -0.4 is 39.8 Å². The molecule has 2 aliphatic rings. The van der Waals surface area contributed by atoms with E-state index in [1.165, 1.54) is 35.9 Å². The van der Waals surface area contributed by atoms with Crippen LogP contribution >= 0.6 is 15.9 Å². The molecular weight excluding hydrogens is 495 g/mol. The van der Waals surface area contributed by atoms with Crippen molar-refractivity contribution >= 4 is 43.9 Å². The summed E-state index contributed by atoms with van der Waals surface area (Å²) in [6, 6.07) is 25.8. The van der Waals surface area contributed by atoms with Crippen molar-refractivity contribution in [1.29, 1.82) is 0 Å². The number of piperidine rings is 1. The number of hydrogen-bond acceptors (Lipinski definition) is 2. The van der Waals surface area contributed by atoms with Crippen molar-refractivity contribution in [3.8, 4) is 0 Å². The summed E-state index contributed by atoms with van der Waals surface area (Å²) in [4.78, 5) is 5.90. The molecule has 1 fully saturated rings. The average molecular weight is 521 g/mol. The predicted octanol–water partition coefficient (Wildman–Crippen LogP) is 4.43. The van der Waals surface area contributed by atoms with Crippen LogP contribution in [0, 0.1) is 0 Å². The topological polar surface area (TPSA) is 45.2 Å². The maximum absolute atomic E-state index is 5.17. The fraction of sp³-hybridized carbons (Fsp3) is 0.214. The van der Waals surface area contributed by atoms with E-state index in [1.807, 2.05) is 6.07 Å². The number of aromatic amines is 1. The molecule has 0 aliphatic carbocycles. The van der Waals surface area contributed by atoms with Crippen molar-refractivity contribution in [1.82, 2.24) is 10.3 Å². The first-order valence-electron chi connectivity index (χ1n) is 11.7. The molecule has 2 aliphatic heterocycles. The molecule has 4 nitrogen and oxygen atoms in total. The molecule has 3 aromatic carbocycles. The van der Waals surface area contributed by atoms with E-state index in [-0.39, 0.29) is 35.7 Å².